The molecule has 3 nitrogen and oxygen atoms in total. The van der Waals surface area contributed by atoms with E-state index in [0.717, 1.165) is 6.20 Å². The van der Waals surface area contributed by atoms with Gasteiger partial charge in [-0.2, -0.15) is 5.26 Å². The zero-order valence-corrected chi connectivity index (χ0v) is 8.30. The number of hydrogen-bond acceptors (Lipinski definition) is 3. The lowest BCUT2D eigenvalue weighted by atomic mass is 10.0. The number of pyridine rings is 1. The third-order valence-corrected chi connectivity index (χ3v) is 2.17. The maximum absolute atomic E-state index is 12.5. The van der Waals surface area contributed by atoms with Crippen molar-refractivity contribution in [2.24, 2.45) is 0 Å². The topological polar surface area (TPSA) is 56.9 Å². The van der Waals surface area contributed by atoms with E-state index in [4.69, 9.17) is 16.9 Å². The number of halogens is 3. The molecule has 0 bridgehead atoms. The van der Waals surface area contributed by atoms with Crippen LogP contribution >= 0.6 is 11.6 Å². The van der Waals surface area contributed by atoms with Gasteiger partial charge in [0.2, 0.25) is 0 Å². The van der Waals surface area contributed by atoms with Gasteiger partial charge in [0.25, 0.3) is 6.43 Å². The highest BCUT2D eigenvalue weighted by atomic mass is 35.5. The van der Waals surface area contributed by atoms with E-state index in [1.807, 2.05) is 0 Å². The number of alkyl halides is 3. The SMILES string of the molecule is N#CCc1c(C(F)F)ncc(O)c1CCl. The summed E-state index contributed by atoms with van der Waals surface area (Å²) in [5.41, 5.74) is -0.337. The molecule has 0 saturated carbocycles. The van der Waals surface area contributed by atoms with Crippen LogP contribution in [0.1, 0.15) is 23.2 Å². The number of hydrogen-bond donors (Lipinski definition) is 1. The summed E-state index contributed by atoms with van der Waals surface area (Å²) in [7, 11) is 0. The second-order valence-corrected chi connectivity index (χ2v) is 3.02. The smallest absolute Gasteiger partial charge is 0.280 e. The van der Waals surface area contributed by atoms with Gasteiger partial charge in [0.15, 0.2) is 0 Å². The average molecular weight is 233 g/mol. The molecule has 0 fully saturated rings. The molecule has 0 atom stereocenters. The van der Waals surface area contributed by atoms with Crippen molar-refractivity contribution in [3.8, 4) is 11.8 Å². The van der Waals surface area contributed by atoms with E-state index < -0.39 is 12.1 Å². The number of nitriles is 1. The van der Waals surface area contributed by atoms with Crippen LogP contribution in [0.15, 0.2) is 6.20 Å². The highest BCUT2D eigenvalue weighted by molar-refractivity contribution is 6.17. The zero-order chi connectivity index (χ0) is 11.4. The Balaban J connectivity index is 3.36. The van der Waals surface area contributed by atoms with Gasteiger partial charge in [0.1, 0.15) is 11.4 Å². The standard InChI is InChI=1S/C9H7ClF2N2O/c10-3-6-5(1-2-13)8(9(11)12)14-4-7(6)15/h4,9,15H,1,3H2. The van der Waals surface area contributed by atoms with Crippen LogP contribution in [0, 0.1) is 11.3 Å². The Bertz CT molecular complexity index is 404. The van der Waals surface area contributed by atoms with Gasteiger partial charge in [-0.25, -0.2) is 8.78 Å². The molecular weight excluding hydrogens is 226 g/mol. The van der Waals surface area contributed by atoms with Gasteiger partial charge in [-0.15, -0.1) is 11.6 Å². The summed E-state index contributed by atoms with van der Waals surface area (Å²) < 4.78 is 25.0. The van der Waals surface area contributed by atoms with Crippen molar-refractivity contribution >= 4 is 11.6 Å². The third-order valence-electron chi connectivity index (χ3n) is 1.90. The minimum absolute atomic E-state index is 0.0162. The molecule has 0 aliphatic heterocycles. The fraction of sp³-hybridized carbons (Fsp3) is 0.333. The van der Waals surface area contributed by atoms with Gasteiger partial charge < -0.3 is 5.11 Å². The average Bonchev–Trinajstić information content (AvgIpc) is 2.18. The van der Waals surface area contributed by atoms with E-state index in [2.05, 4.69) is 4.98 Å². The van der Waals surface area contributed by atoms with E-state index in [0.29, 0.717) is 0 Å². The molecule has 0 spiro atoms. The maximum Gasteiger partial charge on any atom is 0.280 e. The van der Waals surface area contributed by atoms with Gasteiger partial charge in [0.05, 0.1) is 24.6 Å². The third kappa shape index (κ3) is 2.34. The van der Waals surface area contributed by atoms with Crippen LogP contribution in [-0.2, 0) is 12.3 Å². The number of aromatic hydroxyl groups is 1. The first kappa shape index (κ1) is 11.7. The molecule has 1 rings (SSSR count). The van der Waals surface area contributed by atoms with Crippen molar-refractivity contribution in [3.63, 3.8) is 0 Å². The first-order valence-electron chi connectivity index (χ1n) is 4.02. The van der Waals surface area contributed by atoms with Gasteiger partial charge in [-0.3, -0.25) is 4.98 Å². The molecule has 0 aliphatic rings. The van der Waals surface area contributed by atoms with Crippen molar-refractivity contribution in [3.05, 3.63) is 23.0 Å². The Morgan fingerprint density at radius 3 is 2.67 bits per heavy atom. The number of nitrogens with zero attached hydrogens (tertiary/aromatic N) is 2. The van der Waals surface area contributed by atoms with Crippen LogP contribution in [-0.4, -0.2) is 10.1 Å². The van der Waals surface area contributed by atoms with E-state index >= 15 is 0 Å². The zero-order valence-electron chi connectivity index (χ0n) is 7.54. The predicted molar refractivity (Wildman–Crippen MR) is 49.7 cm³/mol. The molecule has 0 amide bonds. The van der Waals surface area contributed by atoms with Crippen LogP contribution in [0.3, 0.4) is 0 Å². The quantitative estimate of drug-likeness (QED) is 0.815. The van der Waals surface area contributed by atoms with E-state index in [9.17, 15) is 13.9 Å². The molecule has 0 unspecified atom stereocenters. The lowest BCUT2D eigenvalue weighted by Gasteiger charge is -2.10. The fourth-order valence-corrected chi connectivity index (χ4v) is 1.51. The normalized spacial score (nSPS) is 10.3. The summed E-state index contributed by atoms with van der Waals surface area (Å²) >= 11 is 5.51. The van der Waals surface area contributed by atoms with Crippen molar-refractivity contribution in [2.75, 3.05) is 0 Å². The predicted octanol–water partition coefficient (Wildman–Crippen LogP) is 2.53. The number of rotatable bonds is 3. The summed E-state index contributed by atoms with van der Waals surface area (Å²) in [4.78, 5) is 3.40. The van der Waals surface area contributed by atoms with Crippen LogP contribution < -0.4 is 0 Å². The second kappa shape index (κ2) is 4.89. The Morgan fingerprint density at radius 2 is 2.20 bits per heavy atom. The molecule has 1 N–H and O–H groups in total. The molecule has 0 aromatic carbocycles. The van der Waals surface area contributed by atoms with Crippen LogP contribution in [0.25, 0.3) is 0 Å². The Hall–Kier alpha value is -1.41. The van der Waals surface area contributed by atoms with Gasteiger partial charge in [-0.1, -0.05) is 0 Å². The fourth-order valence-electron chi connectivity index (χ4n) is 1.21. The molecule has 6 heteroatoms. The first-order valence-corrected chi connectivity index (χ1v) is 4.56. The molecule has 0 radical (unpaired) electrons. The lowest BCUT2D eigenvalue weighted by molar-refractivity contribution is 0.144. The first-order chi connectivity index (χ1) is 7.11. The van der Waals surface area contributed by atoms with Crippen molar-refractivity contribution in [1.29, 1.82) is 5.26 Å². The Kier molecular flexibility index (Phi) is 3.81. The highest BCUT2D eigenvalue weighted by Crippen LogP contribution is 2.30. The molecule has 1 heterocycles. The van der Waals surface area contributed by atoms with Crippen molar-refractivity contribution in [1.82, 2.24) is 4.98 Å². The maximum atomic E-state index is 12.5. The summed E-state index contributed by atoms with van der Waals surface area (Å²) in [6, 6.07) is 1.74. The van der Waals surface area contributed by atoms with Crippen molar-refractivity contribution in [2.45, 2.75) is 18.7 Å². The van der Waals surface area contributed by atoms with Crippen LogP contribution in [0.4, 0.5) is 8.78 Å². The summed E-state index contributed by atoms with van der Waals surface area (Å²) in [6.45, 7) is 0. The largest absolute Gasteiger partial charge is 0.506 e. The minimum atomic E-state index is -2.78. The highest BCUT2D eigenvalue weighted by Gasteiger charge is 2.19. The molecule has 1 aromatic rings. The summed E-state index contributed by atoms with van der Waals surface area (Å²) in [6.07, 6.45) is -2.11. The van der Waals surface area contributed by atoms with Gasteiger partial charge in [0, 0.05) is 11.1 Å². The summed E-state index contributed by atoms with van der Waals surface area (Å²) in [5, 5.41) is 17.8. The van der Waals surface area contributed by atoms with E-state index in [-0.39, 0.29) is 29.2 Å². The molecule has 15 heavy (non-hydrogen) atoms. The monoisotopic (exact) mass is 232 g/mol. The van der Waals surface area contributed by atoms with Gasteiger partial charge >= 0.3 is 0 Å². The Morgan fingerprint density at radius 1 is 1.53 bits per heavy atom. The lowest BCUT2D eigenvalue weighted by Crippen LogP contribution is -2.02. The molecule has 80 valence electrons. The van der Waals surface area contributed by atoms with Crippen molar-refractivity contribution < 1.29 is 13.9 Å². The Labute approximate surface area is 89.9 Å². The van der Waals surface area contributed by atoms with Gasteiger partial charge in [-0.05, 0) is 0 Å². The number of aromatic nitrogens is 1. The molecule has 1 aromatic heterocycles. The minimum Gasteiger partial charge on any atom is -0.506 e. The van der Waals surface area contributed by atoms with Crippen LogP contribution in [0.5, 0.6) is 5.75 Å². The summed E-state index contributed by atoms with van der Waals surface area (Å²) in [5.74, 6) is -0.398. The second-order valence-electron chi connectivity index (χ2n) is 2.76. The molecule has 0 aliphatic carbocycles. The van der Waals surface area contributed by atoms with E-state index in [1.54, 1.807) is 6.07 Å². The molecule has 0 saturated heterocycles. The molecular formula is C9H7ClF2N2O. The van der Waals surface area contributed by atoms with Crippen LogP contribution in [0.2, 0.25) is 0 Å². The van der Waals surface area contributed by atoms with E-state index in [1.165, 1.54) is 0 Å².